The largest absolute Gasteiger partial charge is 0.448 e. The van der Waals surface area contributed by atoms with E-state index in [4.69, 9.17) is 9.84 Å². The van der Waals surface area contributed by atoms with Crippen LogP contribution in [0.15, 0.2) is 23.6 Å². The van der Waals surface area contributed by atoms with E-state index in [9.17, 15) is 4.79 Å². The number of nitrogens with one attached hydrogen (secondary N) is 1. The highest BCUT2D eigenvalue weighted by molar-refractivity contribution is 7.13. The van der Waals surface area contributed by atoms with Gasteiger partial charge in [0.05, 0.1) is 4.88 Å². The van der Waals surface area contributed by atoms with Crippen LogP contribution < -0.4 is 5.32 Å². The van der Waals surface area contributed by atoms with Gasteiger partial charge in [-0.15, -0.1) is 11.3 Å². The Morgan fingerprint density at radius 3 is 3.07 bits per heavy atom. The van der Waals surface area contributed by atoms with Gasteiger partial charge in [-0.2, -0.15) is 5.10 Å². The fourth-order valence-electron chi connectivity index (χ4n) is 4.47. The first-order chi connectivity index (χ1) is 13.2. The number of piperidine rings is 3. The molecule has 3 saturated heterocycles. The van der Waals surface area contributed by atoms with Crippen molar-refractivity contribution in [3.63, 3.8) is 0 Å². The lowest BCUT2D eigenvalue weighted by molar-refractivity contribution is -0.00414. The van der Waals surface area contributed by atoms with Crippen LogP contribution in [0.3, 0.4) is 0 Å². The van der Waals surface area contributed by atoms with E-state index in [1.807, 2.05) is 6.92 Å². The molecule has 4 atom stereocenters. The van der Waals surface area contributed by atoms with Crippen molar-refractivity contribution in [3.05, 3.63) is 29.3 Å². The number of carbonyl (C=O) groups excluding carboxylic acids is 1. The number of hydrogen-bond acceptors (Lipinski definition) is 5. The number of nitrogens with zero attached hydrogens (tertiary/aromatic N) is 3. The van der Waals surface area contributed by atoms with E-state index >= 15 is 0 Å². The first kappa shape index (κ1) is 18.5. The molecular weight excluding hydrogens is 360 g/mol. The van der Waals surface area contributed by atoms with Crippen LogP contribution in [0.2, 0.25) is 0 Å². The highest BCUT2D eigenvalue weighted by Gasteiger charge is 2.42. The summed E-state index contributed by atoms with van der Waals surface area (Å²) in [6.45, 7) is 5.32. The van der Waals surface area contributed by atoms with Crippen LogP contribution in [0.5, 0.6) is 0 Å². The van der Waals surface area contributed by atoms with Gasteiger partial charge in [-0.05, 0) is 49.2 Å². The molecule has 5 heterocycles. The Hall–Kier alpha value is -1.86. The number of alkyl carbamates (subject to hydrolysis) is 1. The maximum atomic E-state index is 11.7. The van der Waals surface area contributed by atoms with Crippen molar-refractivity contribution in [2.24, 2.45) is 13.0 Å². The number of ether oxygens (including phenoxy) is 1. The molecule has 2 aromatic heterocycles. The van der Waals surface area contributed by atoms with Gasteiger partial charge in [-0.1, -0.05) is 13.0 Å². The van der Waals surface area contributed by atoms with Crippen molar-refractivity contribution >= 4 is 17.4 Å². The van der Waals surface area contributed by atoms with E-state index in [0.717, 1.165) is 31.6 Å². The zero-order valence-electron chi connectivity index (χ0n) is 16.1. The summed E-state index contributed by atoms with van der Waals surface area (Å²) in [5.74, 6) is 1.14. The van der Waals surface area contributed by atoms with Gasteiger partial charge in [0.1, 0.15) is 12.3 Å². The van der Waals surface area contributed by atoms with E-state index in [2.05, 4.69) is 45.5 Å². The summed E-state index contributed by atoms with van der Waals surface area (Å²) < 4.78 is 7.51. The van der Waals surface area contributed by atoms with Crippen LogP contribution in [0, 0.1) is 5.92 Å². The van der Waals surface area contributed by atoms with Crippen molar-refractivity contribution in [1.29, 1.82) is 0 Å². The summed E-state index contributed by atoms with van der Waals surface area (Å²) in [5.41, 5.74) is 2.40. The molecular formula is C20H28N4O2S. The second-order valence-corrected chi connectivity index (χ2v) is 8.57. The van der Waals surface area contributed by atoms with Gasteiger partial charge >= 0.3 is 6.09 Å². The molecule has 3 aliphatic heterocycles. The van der Waals surface area contributed by atoms with Crippen LogP contribution in [0.25, 0.3) is 10.6 Å². The lowest BCUT2D eigenvalue weighted by Gasteiger charge is -2.49. The molecule has 5 rings (SSSR count). The van der Waals surface area contributed by atoms with Gasteiger partial charge in [0.2, 0.25) is 0 Å². The Balaban J connectivity index is 1.40. The van der Waals surface area contributed by atoms with E-state index in [1.165, 1.54) is 17.0 Å². The van der Waals surface area contributed by atoms with Gasteiger partial charge in [-0.3, -0.25) is 9.58 Å². The zero-order chi connectivity index (χ0) is 18.8. The molecule has 27 heavy (non-hydrogen) atoms. The number of aromatic nitrogens is 2. The average Bonchev–Trinajstić information content (AvgIpc) is 3.34. The Morgan fingerprint density at radius 1 is 1.48 bits per heavy atom. The zero-order valence-corrected chi connectivity index (χ0v) is 16.9. The van der Waals surface area contributed by atoms with Gasteiger partial charge in [-0.25, -0.2) is 4.79 Å². The molecule has 6 nitrogen and oxygen atoms in total. The van der Waals surface area contributed by atoms with Crippen molar-refractivity contribution < 1.29 is 9.53 Å². The van der Waals surface area contributed by atoms with Crippen LogP contribution >= 0.6 is 11.3 Å². The van der Waals surface area contributed by atoms with Gasteiger partial charge in [0.25, 0.3) is 0 Å². The van der Waals surface area contributed by atoms with E-state index < -0.39 is 0 Å². The second kappa shape index (κ2) is 8.02. The predicted molar refractivity (Wildman–Crippen MR) is 107 cm³/mol. The summed E-state index contributed by atoms with van der Waals surface area (Å²) in [7, 11) is 2.06. The SMILES string of the molecule is CCCNC(=O)OCC1CC2CCN1CC2c1cc(-c2cccs2)nn1C. The number of hydrogen-bond donors (Lipinski definition) is 1. The molecule has 1 N–H and O–H groups in total. The fourth-order valence-corrected chi connectivity index (χ4v) is 5.15. The smallest absolute Gasteiger partial charge is 0.407 e. The van der Waals surface area contributed by atoms with Gasteiger partial charge in [0.15, 0.2) is 0 Å². The first-order valence-corrected chi connectivity index (χ1v) is 10.8. The number of rotatable bonds is 6. The Bertz CT molecular complexity index is 773. The van der Waals surface area contributed by atoms with E-state index in [0.29, 0.717) is 31.0 Å². The summed E-state index contributed by atoms with van der Waals surface area (Å²) >= 11 is 1.73. The molecule has 0 aliphatic carbocycles. The number of carbonyl (C=O) groups is 1. The monoisotopic (exact) mass is 388 g/mol. The highest BCUT2D eigenvalue weighted by atomic mass is 32.1. The normalized spacial score (nSPS) is 26.9. The van der Waals surface area contributed by atoms with Crippen molar-refractivity contribution in [2.75, 3.05) is 26.2 Å². The first-order valence-electron chi connectivity index (χ1n) is 9.88. The van der Waals surface area contributed by atoms with E-state index in [-0.39, 0.29) is 6.09 Å². The molecule has 0 radical (unpaired) electrons. The lowest BCUT2D eigenvalue weighted by Crippen LogP contribution is -2.54. The van der Waals surface area contributed by atoms with Crippen LogP contribution in [-0.4, -0.2) is 53.1 Å². The number of amides is 1. The Kier molecular flexibility index (Phi) is 5.50. The van der Waals surface area contributed by atoms with E-state index in [1.54, 1.807) is 11.3 Å². The van der Waals surface area contributed by atoms with Crippen LogP contribution in [0.1, 0.15) is 37.8 Å². The second-order valence-electron chi connectivity index (χ2n) is 7.62. The maximum Gasteiger partial charge on any atom is 0.407 e. The Morgan fingerprint density at radius 2 is 2.37 bits per heavy atom. The molecule has 0 saturated carbocycles. The highest BCUT2D eigenvalue weighted by Crippen LogP contribution is 2.42. The molecule has 7 heteroatoms. The predicted octanol–water partition coefficient (Wildman–Crippen LogP) is 3.46. The maximum absolute atomic E-state index is 11.7. The fraction of sp³-hybridized carbons (Fsp3) is 0.600. The molecule has 0 spiro atoms. The molecule has 146 valence electrons. The third kappa shape index (κ3) is 3.89. The lowest BCUT2D eigenvalue weighted by atomic mass is 9.74. The third-order valence-corrected chi connectivity index (χ3v) is 6.77. The topological polar surface area (TPSA) is 59.4 Å². The molecule has 2 bridgehead atoms. The molecule has 4 unspecified atom stereocenters. The summed E-state index contributed by atoms with van der Waals surface area (Å²) in [4.78, 5) is 15.5. The summed E-state index contributed by atoms with van der Waals surface area (Å²) in [5, 5.41) is 9.63. The van der Waals surface area contributed by atoms with Crippen LogP contribution in [-0.2, 0) is 11.8 Å². The number of thiophene rings is 1. The molecule has 3 fully saturated rings. The number of fused-ring (bicyclic) bond motifs is 3. The minimum atomic E-state index is -0.289. The summed E-state index contributed by atoms with van der Waals surface area (Å²) in [6, 6.07) is 6.81. The quantitative estimate of drug-likeness (QED) is 0.823. The molecule has 3 aliphatic rings. The summed E-state index contributed by atoms with van der Waals surface area (Å²) in [6.07, 6.45) is 2.93. The van der Waals surface area contributed by atoms with Crippen molar-refractivity contribution in [3.8, 4) is 10.6 Å². The Labute approximate surface area is 164 Å². The standard InChI is InChI=1S/C20H28N4O2S/c1-3-7-21-20(25)26-13-15-10-14-6-8-24(15)12-16(14)18-11-17(22-23(18)2)19-5-4-9-27-19/h4-5,9,11,14-16H,3,6-8,10,12-13H2,1-2H3,(H,21,25). The van der Waals surface area contributed by atoms with Crippen LogP contribution in [0.4, 0.5) is 4.79 Å². The van der Waals surface area contributed by atoms with Gasteiger partial charge < -0.3 is 10.1 Å². The van der Waals surface area contributed by atoms with Crippen molar-refractivity contribution in [2.45, 2.75) is 38.1 Å². The number of aryl methyl sites for hydroxylation is 1. The van der Waals surface area contributed by atoms with Crippen molar-refractivity contribution in [1.82, 2.24) is 20.0 Å². The average molecular weight is 389 g/mol. The third-order valence-electron chi connectivity index (χ3n) is 5.87. The minimum absolute atomic E-state index is 0.289. The van der Waals surface area contributed by atoms with Gasteiger partial charge in [0, 0.05) is 37.8 Å². The molecule has 2 aromatic rings. The minimum Gasteiger partial charge on any atom is -0.448 e. The molecule has 0 aromatic carbocycles. The molecule has 1 amide bonds.